The fourth-order valence-corrected chi connectivity index (χ4v) is 2.38. The fraction of sp³-hybridized carbons (Fsp3) is 0.0714. The maximum absolute atomic E-state index is 9.75. The van der Waals surface area contributed by atoms with E-state index < -0.39 is 0 Å². The molecule has 104 valence electrons. The summed E-state index contributed by atoms with van der Waals surface area (Å²) >= 11 is 7.92. The molecule has 0 saturated heterocycles. The van der Waals surface area contributed by atoms with Crippen molar-refractivity contribution in [1.82, 2.24) is 0 Å². The summed E-state index contributed by atoms with van der Waals surface area (Å²) < 4.78 is 5.79. The average molecular weight is 403 g/mol. The molecule has 0 bridgehead atoms. The number of hydrazone groups is 1. The standard InChI is InChI=1S/C14H12ClIN2O2/c1-20-13-6-9(5-12(16)14(13)19)8-17-18-11-4-2-3-10(15)7-11/h2-8,18-19H,1H3/b17-8+. The molecule has 0 fully saturated rings. The van der Waals surface area contributed by atoms with Gasteiger partial charge in [0.25, 0.3) is 0 Å². The molecule has 2 rings (SSSR count). The predicted octanol–water partition coefficient (Wildman–Crippen LogP) is 4.10. The number of halogens is 2. The molecule has 2 aromatic carbocycles. The Labute approximate surface area is 135 Å². The van der Waals surface area contributed by atoms with Crippen molar-refractivity contribution < 1.29 is 9.84 Å². The Morgan fingerprint density at radius 3 is 2.85 bits per heavy atom. The maximum Gasteiger partial charge on any atom is 0.171 e. The van der Waals surface area contributed by atoms with Gasteiger partial charge in [-0.2, -0.15) is 5.10 Å². The van der Waals surface area contributed by atoms with Crippen molar-refractivity contribution in [2.24, 2.45) is 5.10 Å². The number of nitrogens with zero attached hydrogens (tertiary/aromatic N) is 1. The van der Waals surface area contributed by atoms with E-state index in [1.165, 1.54) is 7.11 Å². The number of benzene rings is 2. The minimum Gasteiger partial charge on any atom is -0.504 e. The first kappa shape index (κ1) is 14.9. The van der Waals surface area contributed by atoms with Crippen LogP contribution in [0.4, 0.5) is 5.69 Å². The zero-order chi connectivity index (χ0) is 14.5. The Morgan fingerprint density at radius 1 is 1.35 bits per heavy atom. The van der Waals surface area contributed by atoms with Crippen molar-refractivity contribution in [2.75, 3.05) is 12.5 Å². The number of nitrogens with one attached hydrogen (secondary N) is 1. The van der Waals surface area contributed by atoms with E-state index in [0.717, 1.165) is 11.3 Å². The van der Waals surface area contributed by atoms with Crippen LogP contribution in [0.25, 0.3) is 0 Å². The maximum atomic E-state index is 9.75. The van der Waals surface area contributed by atoms with Crippen LogP contribution in [0.1, 0.15) is 5.56 Å². The minimum absolute atomic E-state index is 0.132. The van der Waals surface area contributed by atoms with Crippen LogP contribution in [-0.4, -0.2) is 18.4 Å². The lowest BCUT2D eigenvalue weighted by molar-refractivity contribution is 0.371. The van der Waals surface area contributed by atoms with Crippen molar-refractivity contribution in [1.29, 1.82) is 0 Å². The first-order valence-electron chi connectivity index (χ1n) is 5.71. The zero-order valence-electron chi connectivity index (χ0n) is 10.6. The van der Waals surface area contributed by atoms with Crippen LogP contribution in [-0.2, 0) is 0 Å². The smallest absolute Gasteiger partial charge is 0.171 e. The Balaban J connectivity index is 2.14. The minimum atomic E-state index is 0.132. The fourth-order valence-electron chi connectivity index (χ4n) is 1.56. The highest BCUT2D eigenvalue weighted by atomic mass is 127. The summed E-state index contributed by atoms with van der Waals surface area (Å²) in [6.07, 6.45) is 1.64. The molecule has 20 heavy (non-hydrogen) atoms. The van der Waals surface area contributed by atoms with Gasteiger partial charge in [0.2, 0.25) is 0 Å². The van der Waals surface area contributed by atoms with Crippen LogP contribution in [0.15, 0.2) is 41.5 Å². The van der Waals surface area contributed by atoms with E-state index in [4.69, 9.17) is 16.3 Å². The summed E-state index contributed by atoms with van der Waals surface area (Å²) in [4.78, 5) is 0. The second-order valence-corrected chi connectivity index (χ2v) is 5.53. The quantitative estimate of drug-likeness (QED) is 0.460. The number of anilines is 1. The van der Waals surface area contributed by atoms with E-state index in [-0.39, 0.29) is 5.75 Å². The lowest BCUT2D eigenvalue weighted by Crippen LogP contribution is -1.93. The van der Waals surface area contributed by atoms with E-state index in [0.29, 0.717) is 14.3 Å². The first-order chi connectivity index (χ1) is 9.60. The van der Waals surface area contributed by atoms with E-state index in [1.54, 1.807) is 24.4 Å². The molecule has 0 amide bonds. The SMILES string of the molecule is COc1cc(/C=N/Nc2cccc(Cl)c2)cc(I)c1O. The summed E-state index contributed by atoms with van der Waals surface area (Å²) in [6, 6.07) is 10.8. The third-order valence-corrected chi connectivity index (χ3v) is 3.56. The van der Waals surface area contributed by atoms with Crippen molar-refractivity contribution in [3.63, 3.8) is 0 Å². The highest BCUT2D eigenvalue weighted by molar-refractivity contribution is 14.1. The van der Waals surface area contributed by atoms with E-state index in [9.17, 15) is 5.11 Å². The molecular formula is C14H12ClIN2O2. The lowest BCUT2D eigenvalue weighted by atomic mass is 10.2. The summed E-state index contributed by atoms with van der Waals surface area (Å²) in [7, 11) is 1.51. The molecule has 0 atom stereocenters. The predicted molar refractivity (Wildman–Crippen MR) is 90.0 cm³/mol. The van der Waals surface area contributed by atoms with Crippen LogP contribution >= 0.6 is 34.2 Å². The second kappa shape index (κ2) is 6.81. The highest BCUT2D eigenvalue weighted by Crippen LogP contribution is 2.31. The molecule has 0 saturated carbocycles. The number of ether oxygens (including phenoxy) is 1. The van der Waals surface area contributed by atoms with Gasteiger partial charge in [0, 0.05) is 5.02 Å². The van der Waals surface area contributed by atoms with Gasteiger partial charge < -0.3 is 9.84 Å². The Kier molecular flexibility index (Phi) is 5.08. The monoisotopic (exact) mass is 402 g/mol. The molecule has 0 unspecified atom stereocenters. The number of rotatable bonds is 4. The molecule has 0 spiro atoms. The highest BCUT2D eigenvalue weighted by Gasteiger charge is 2.07. The summed E-state index contributed by atoms with van der Waals surface area (Å²) in [5, 5.41) is 14.5. The molecule has 0 aromatic heterocycles. The van der Waals surface area contributed by atoms with Gasteiger partial charge in [-0.15, -0.1) is 0 Å². The van der Waals surface area contributed by atoms with E-state index in [2.05, 4.69) is 10.5 Å². The molecule has 6 heteroatoms. The van der Waals surface area contributed by atoms with Crippen molar-refractivity contribution in [2.45, 2.75) is 0 Å². The van der Waals surface area contributed by atoms with Gasteiger partial charge in [-0.1, -0.05) is 17.7 Å². The third-order valence-electron chi connectivity index (χ3n) is 2.50. The molecule has 0 aliphatic rings. The van der Waals surface area contributed by atoms with Crippen molar-refractivity contribution >= 4 is 46.1 Å². The molecule has 2 aromatic rings. The number of phenols is 1. The Bertz CT molecular complexity index is 647. The van der Waals surface area contributed by atoms with Crippen LogP contribution in [0.3, 0.4) is 0 Å². The van der Waals surface area contributed by atoms with Crippen LogP contribution in [0, 0.1) is 3.57 Å². The summed E-state index contributed by atoms with van der Waals surface area (Å²) in [5.41, 5.74) is 4.50. The number of methoxy groups -OCH3 is 1. The van der Waals surface area contributed by atoms with Gasteiger partial charge in [-0.25, -0.2) is 0 Å². The number of hydrogen-bond acceptors (Lipinski definition) is 4. The molecule has 0 aliphatic heterocycles. The van der Waals surface area contributed by atoms with Gasteiger partial charge in [0.05, 0.1) is 22.6 Å². The molecular weight excluding hydrogens is 391 g/mol. The number of hydrogen-bond donors (Lipinski definition) is 2. The zero-order valence-corrected chi connectivity index (χ0v) is 13.5. The van der Waals surface area contributed by atoms with Crippen LogP contribution in [0.2, 0.25) is 5.02 Å². The van der Waals surface area contributed by atoms with Gasteiger partial charge >= 0.3 is 0 Å². The van der Waals surface area contributed by atoms with Gasteiger partial charge in [-0.05, 0) is 58.5 Å². The van der Waals surface area contributed by atoms with Crippen LogP contribution < -0.4 is 10.2 Å². The first-order valence-corrected chi connectivity index (χ1v) is 7.17. The lowest BCUT2D eigenvalue weighted by Gasteiger charge is -2.06. The van der Waals surface area contributed by atoms with E-state index >= 15 is 0 Å². The summed E-state index contributed by atoms with van der Waals surface area (Å²) in [5.74, 6) is 0.550. The summed E-state index contributed by atoms with van der Waals surface area (Å²) in [6.45, 7) is 0. The number of phenolic OH excluding ortho intramolecular Hbond substituents is 1. The Morgan fingerprint density at radius 2 is 2.15 bits per heavy atom. The van der Waals surface area contributed by atoms with Gasteiger partial charge in [0.1, 0.15) is 0 Å². The molecule has 0 radical (unpaired) electrons. The second-order valence-electron chi connectivity index (χ2n) is 3.93. The van der Waals surface area contributed by atoms with Gasteiger partial charge in [-0.3, -0.25) is 5.43 Å². The van der Waals surface area contributed by atoms with E-state index in [1.807, 2.05) is 40.8 Å². The van der Waals surface area contributed by atoms with Crippen LogP contribution in [0.5, 0.6) is 11.5 Å². The molecule has 0 heterocycles. The van der Waals surface area contributed by atoms with Gasteiger partial charge in [0.15, 0.2) is 11.5 Å². The van der Waals surface area contributed by atoms with Crippen molar-refractivity contribution in [3.05, 3.63) is 50.6 Å². The third kappa shape index (κ3) is 3.77. The number of aromatic hydroxyl groups is 1. The Hall–Kier alpha value is -1.47. The topological polar surface area (TPSA) is 53.8 Å². The van der Waals surface area contributed by atoms with Crippen molar-refractivity contribution in [3.8, 4) is 11.5 Å². The average Bonchev–Trinajstić information content (AvgIpc) is 2.42. The molecule has 0 aliphatic carbocycles. The molecule has 2 N–H and O–H groups in total. The largest absolute Gasteiger partial charge is 0.504 e. The normalized spacial score (nSPS) is 10.8. The molecule has 4 nitrogen and oxygen atoms in total.